The van der Waals surface area contributed by atoms with Crippen LogP contribution in [-0.4, -0.2) is 34.5 Å². The third-order valence-electron chi connectivity index (χ3n) is 5.55. The van der Waals surface area contributed by atoms with Crippen LogP contribution in [0.2, 0.25) is 0 Å². The molecule has 0 aromatic carbocycles. The van der Waals surface area contributed by atoms with Crippen molar-refractivity contribution in [3.63, 3.8) is 0 Å². The first kappa shape index (κ1) is 26.6. The molecule has 0 unspecified atom stereocenters. The number of carboxylic acid groups (broad SMARTS) is 2. The molecule has 0 heterocycles. The molecule has 0 aromatic rings. The minimum atomic E-state index is -4.59. The van der Waals surface area contributed by atoms with Crippen LogP contribution in [0.15, 0.2) is 22.2 Å². The van der Waals surface area contributed by atoms with Crippen LogP contribution in [-0.2, 0) is 9.59 Å². The number of hydrogen-bond donors (Lipinski definition) is 2. The van der Waals surface area contributed by atoms with E-state index in [1.54, 1.807) is 27.7 Å². The molecule has 2 aliphatic rings. The summed E-state index contributed by atoms with van der Waals surface area (Å²) in [5, 5.41) is 15.0. The van der Waals surface area contributed by atoms with E-state index in [0.717, 1.165) is 12.2 Å². The van der Waals surface area contributed by atoms with Crippen LogP contribution in [0.1, 0.15) is 27.7 Å². The molecule has 0 saturated heterocycles. The van der Waals surface area contributed by atoms with Crippen molar-refractivity contribution in [2.75, 3.05) is 0 Å². The minimum absolute atomic E-state index is 0.649. The number of aliphatic carboxylic acids is 2. The van der Waals surface area contributed by atoms with Crippen LogP contribution in [0.5, 0.6) is 0 Å². The Balaban J connectivity index is 0.000000300. The fraction of sp³-hybridized carbons (Fsp3) is 0.667. The van der Waals surface area contributed by atoms with E-state index >= 15 is 0 Å². The van der Waals surface area contributed by atoms with E-state index in [0.29, 0.717) is 0 Å². The lowest BCUT2D eigenvalue weighted by Crippen LogP contribution is -2.07. The van der Waals surface area contributed by atoms with Crippen molar-refractivity contribution in [3.8, 4) is 0 Å². The maximum absolute atomic E-state index is 12.1. The van der Waals surface area contributed by atoms with E-state index in [9.17, 15) is 35.9 Å². The summed E-state index contributed by atoms with van der Waals surface area (Å²) in [5.74, 6) is -5.05. The highest BCUT2D eigenvalue weighted by molar-refractivity contribution is 6.30. The van der Waals surface area contributed by atoms with E-state index in [2.05, 4.69) is 0 Å². The molecule has 0 amide bonds. The predicted octanol–water partition coefficient (Wildman–Crippen LogP) is 6.06. The molecule has 2 N–H and O–H groups in total. The van der Waals surface area contributed by atoms with Crippen LogP contribution < -0.4 is 0 Å². The van der Waals surface area contributed by atoms with Gasteiger partial charge in [-0.3, -0.25) is 9.59 Å². The average molecular weight is 485 g/mol. The molecule has 0 bridgehead atoms. The number of halogens is 8. The Morgan fingerprint density at radius 2 is 0.967 bits per heavy atom. The van der Waals surface area contributed by atoms with Gasteiger partial charge in [0.15, 0.2) is 0 Å². The van der Waals surface area contributed by atoms with E-state index in [4.69, 9.17) is 33.4 Å². The van der Waals surface area contributed by atoms with Gasteiger partial charge in [0.05, 0.1) is 11.8 Å². The average Bonchev–Trinajstić information content (AvgIpc) is 3.26. The quantitative estimate of drug-likeness (QED) is 0.475. The summed E-state index contributed by atoms with van der Waals surface area (Å²) >= 11 is 10.1. The monoisotopic (exact) mass is 484 g/mol. The first-order chi connectivity index (χ1) is 13.2. The molecule has 4 atom stereocenters. The highest BCUT2D eigenvalue weighted by atomic mass is 35.5. The summed E-state index contributed by atoms with van der Waals surface area (Å²) in [6.07, 6.45) is -7.60. The Labute approximate surface area is 178 Å². The zero-order valence-electron chi connectivity index (χ0n) is 16.2. The number of alkyl halides is 6. The molecule has 0 aromatic heterocycles. The molecular weight excluding hydrogens is 465 g/mol. The zero-order valence-corrected chi connectivity index (χ0v) is 17.7. The van der Waals surface area contributed by atoms with Crippen LogP contribution in [0.4, 0.5) is 26.3 Å². The number of carbonyl (C=O) groups is 2. The Bertz CT molecular complexity index is 704. The van der Waals surface area contributed by atoms with Crippen molar-refractivity contribution < 1.29 is 46.1 Å². The minimum Gasteiger partial charge on any atom is -0.481 e. The fourth-order valence-corrected chi connectivity index (χ4v) is 3.70. The van der Waals surface area contributed by atoms with Crippen LogP contribution in [0.25, 0.3) is 0 Å². The van der Waals surface area contributed by atoms with Gasteiger partial charge in [-0.2, -0.15) is 26.3 Å². The number of carboxylic acids is 2. The second-order valence-corrected chi connectivity index (χ2v) is 9.17. The summed E-state index contributed by atoms with van der Waals surface area (Å²) in [4.78, 5) is 21.3. The lowest BCUT2D eigenvalue weighted by atomic mass is 10.1. The lowest BCUT2D eigenvalue weighted by Gasteiger charge is -2.04. The largest absolute Gasteiger partial charge is 0.481 e. The first-order valence-corrected chi connectivity index (χ1v) is 9.27. The third kappa shape index (κ3) is 5.84. The highest BCUT2D eigenvalue weighted by Gasteiger charge is 2.62. The molecule has 30 heavy (non-hydrogen) atoms. The molecule has 2 fully saturated rings. The highest BCUT2D eigenvalue weighted by Crippen LogP contribution is 2.60. The van der Waals surface area contributed by atoms with Crippen LogP contribution >= 0.6 is 23.2 Å². The number of rotatable bonds is 4. The summed E-state index contributed by atoms with van der Waals surface area (Å²) in [5.41, 5.74) is -1.31. The van der Waals surface area contributed by atoms with Crippen molar-refractivity contribution in [2.24, 2.45) is 34.5 Å². The van der Waals surface area contributed by atoms with Gasteiger partial charge in [0.1, 0.15) is 10.1 Å². The summed E-state index contributed by atoms with van der Waals surface area (Å²) in [6, 6.07) is 0. The van der Waals surface area contributed by atoms with Crippen LogP contribution in [0, 0.1) is 34.5 Å². The Morgan fingerprint density at radius 1 is 0.733 bits per heavy atom. The molecule has 2 rings (SSSR count). The van der Waals surface area contributed by atoms with Crippen molar-refractivity contribution in [3.05, 3.63) is 22.2 Å². The maximum atomic E-state index is 12.1. The zero-order chi connectivity index (χ0) is 24.0. The Morgan fingerprint density at radius 3 is 1.10 bits per heavy atom. The standard InChI is InChI=1S/2C9H10ClF3O2/c2*1-8(2)4(6(8)7(14)15)3-5(10)9(11,12)13/h2*3-4,6H,1-2H3,(H,14,15)/t2*4-,6+/m10/s1. The molecule has 2 saturated carbocycles. The predicted molar refractivity (Wildman–Crippen MR) is 96.8 cm³/mol. The van der Waals surface area contributed by atoms with Crippen LogP contribution in [0.3, 0.4) is 0 Å². The van der Waals surface area contributed by atoms with E-state index in [1.165, 1.54) is 0 Å². The van der Waals surface area contributed by atoms with Gasteiger partial charge in [0.25, 0.3) is 0 Å². The molecule has 0 spiro atoms. The smallest absolute Gasteiger partial charge is 0.426 e. The normalized spacial score (nSPS) is 30.1. The molecule has 12 heteroatoms. The molecule has 2 aliphatic carbocycles. The lowest BCUT2D eigenvalue weighted by molar-refractivity contribution is -0.140. The number of allylic oxidation sites excluding steroid dienone is 4. The van der Waals surface area contributed by atoms with E-state index < -0.39 is 68.9 Å². The Hall–Kier alpha value is -1.42. The third-order valence-corrected chi connectivity index (χ3v) is 6.23. The second-order valence-electron chi connectivity index (χ2n) is 8.35. The van der Waals surface area contributed by atoms with Gasteiger partial charge in [-0.25, -0.2) is 0 Å². The van der Waals surface area contributed by atoms with Gasteiger partial charge >= 0.3 is 24.3 Å². The maximum Gasteiger partial charge on any atom is 0.426 e. The first-order valence-electron chi connectivity index (χ1n) is 8.51. The topological polar surface area (TPSA) is 74.6 Å². The summed E-state index contributed by atoms with van der Waals surface area (Å²) < 4.78 is 72.4. The molecule has 4 nitrogen and oxygen atoms in total. The summed E-state index contributed by atoms with van der Waals surface area (Å²) in [6.45, 7) is 6.42. The summed E-state index contributed by atoms with van der Waals surface area (Å²) in [7, 11) is 0. The SMILES string of the molecule is CC1(C)[C@@H](C=C(Cl)C(F)(F)F)[C@@H]1C(=O)O.CC1(C)[C@H](C=C(Cl)C(F)(F)F)[C@H]1C(=O)O. The van der Waals surface area contributed by atoms with Gasteiger partial charge in [0.2, 0.25) is 0 Å². The van der Waals surface area contributed by atoms with Gasteiger partial charge in [0, 0.05) is 0 Å². The van der Waals surface area contributed by atoms with Crippen molar-refractivity contribution in [2.45, 2.75) is 40.0 Å². The van der Waals surface area contributed by atoms with Crippen molar-refractivity contribution in [1.29, 1.82) is 0 Å². The van der Waals surface area contributed by atoms with E-state index in [-0.39, 0.29) is 0 Å². The van der Waals surface area contributed by atoms with Gasteiger partial charge in [-0.15, -0.1) is 0 Å². The van der Waals surface area contributed by atoms with Crippen molar-refractivity contribution >= 4 is 35.1 Å². The fourth-order valence-electron chi connectivity index (χ4n) is 3.43. The van der Waals surface area contributed by atoms with Crippen molar-refractivity contribution in [1.82, 2.24) is 0 Å². The molecular formula is C18H20Cl2F6O4. The molecule has 0 radical (unpaired) electrons. The van der Waals surface area contributed by atoms with E-state index in [1.807, 2.05) is 0 Å². The molecule has 172 valence electrons. The Kier molecular flexibility index (Phi) is 7.32. The van der Waals surface area contributed by atoms with Gasteiger partial charge in [-0.1, -0.05) is 63.0 Å². The van der Waals surface area contributed by atoms with Gasteiger partial charge < -0.3 is 10.2 Å². The second kappa shape index (κ2) is 8.26. The van der Waals surface area contributed by atoms with Gasteiger partial charge in [-0.05, 0) is 22.7 Å². The number of hydrogen-bond acceptors (Lipinski definition) is 2. The molecule has 0 aliphatic heterocycles.